The van der Waals surface area contributed by atoms with Crippen molar-refractivity contribution < 1.29 is 14.3 Å². The predicted molar refractivity (Wildman–Crippen MR) is 94.5 cm³/mol. The van der Waals surface area contributed by atoms with Crippen molar-refractivity contribution in [2.75, 3.05) is 14.2 Å². The first kappa shape index (κ1) is 16.2. The molecule has 2 aromatic rings. The number of hydrogen-bond donors (Lipinski definition) is 0. The van der Waals surface area contributed by atoms with Gasteiger partial charge < -0.3 is 9.47 Å². The number of hydrogen-bond acceptors (Lipinski definition) is 4. The molecule has 1 heterocycles. The Morgan fingerprint density at radius 2 is 1.62 bits per heavy atom. The molecule has 4 heteroatoms. The molecule has 0 amide bonds. The highest BCUT2D eigenvalue weighted by Crippen LogP contribution is 2.38. The lowest BCUT2D eigenvalue weighted by molar-refractivity contribution is 0.100. The topological polar surface area (TPSA) is 47.9 Å². The van der Waals surface area contributed by atoms with E-state index in [9.17, 15) is 4.79 Å². The third kappa shape index (κ3) is 2.92. The van der Waals surface area contributed by atoms with Crippen LogP contribution in [0.5, 0.6) is 11.5 Å². The summed E-state index contributed by atoms with van der Waals surface area (Å²) in [6, 6.07) is 13.1. The molecule has 4 nitrogen and oxygen atoms in total. The van der Waals surface area contributed by atoms with Gasteiger partial charge in [0.1, 0.15) is 11.5 Å². The number of rotatable bonds is 5. The Morgan fingerprint density at radius 1 is 1.00 bits per heavy atom. The molecule has 0 unspecified atom stereocenters. The summed E-state index contributed by atoms with van der Waals surface area (Å²) in [6.07, 6.45) is 0.287. The minimum atomic E-state index is -0.348. The van der Waals surface area contributed by atoms with Crippen molar-refractivity contribution in [1.29, 1.82) is 0 Å². The molecule has 0 aromatic heterocycles. The lowest BCUT2D eigenvalue weighted by Gasteiger charge is -2.16. The summed E-state index contributed by atoms with van der Waals surface area (Å²) in [6.45, 7) is 4.10. The van der Waals surface area contributed by atoms with Gasteiger partial charge in [0.05, 0.1) is 31.9 Å². The number of ether oxygens (including phenoxy) is 2. The van der Waals surface area contributed by atoms with Crippen molar-refractivity contribution in [3.05, 3.63) is 59.2 Å². The molecule has 0 bridgehead atoms. The SMILES string of the molecule is COc1ccc(C(=O)CC2=NC(C)(C)c3cc(OC)ccc32)cc1. The minimum absolute atomic E-state index is 0.0517. The molecule has 0 saturated heterocycles. The highest BCUT2D eigenvalue weighted by Gasteiger charge is 2.32. The number of carbonyl (C=O) groups is 1. The molecule has 2 aromatic carbocycles. The Labute approximate surface area is 142 Å². The van der Waals surface area contributed by atoms with E-state index in [1.807, 2.05) is 18.2 Å². The zero-order valence-corrected chi connectivity index (χ0v) is 14.4. The lowest BCUT2D eigenvalue weighted by atomic mass is 9.91. The van der Waals surface area contributed by atoms with Crippen LogP contribution < -0.4 is 9.47 Å². The van der Waals surface area contributed by atoms with Gasteiger partial charge in [0.2, 0.25) is 0 Å². The quantitative estimate of drug-likeness (QED) is 0.781. The largest absolute Gasteiger partial charge is 0.497 e. The summed E-state index contributed by atoms with van der Waals surface area (Å²) in [4.78, 5) is 17.4. The summed E-state index contributed by atoms with van der Waals surface area (Å²) in [7, 11) is 3.26. The highest BCUT2D eigenvalue weighted by atomic mass is 16.5. The van der Waals surface area contributed by atoms with Gasteiger partial charge in [0.15, 0.2) is 5.78 Å². The normalized spacial score (nSPS) is 14.8. The lowest BCUT2D eigenvalue weighted by Crippen LogP contribution is -2.10. The van der Waals surface area contributed by atoms with E-state index in [1.54, 1.807) is 38.5 Å². The Balaban J connectivity index is 1.87. The van der Waals surface area contributed by atoms with Crippen molar-refractivity contribution >= 4 is 11.5 Å². The number of benzene rings is 2. The highest BCUT2D eigenvalue weighted by molar-refractivity contribution is 6.17. The molecule has 0 radical (unpaired) electrons. The second-order valence-corrected chi connectivity index (χ2v) is 6.36. The van der Waals surface area contributed by atoms with Crippen molar-refractivity contribution in [3.8, 4) is 11.5 Å². The fourth-order valence-corrected chi connectivity index (χ4v) is 3.03. The number of carbonyl (C=O) groups excluding carboxylic acids is 1. The number of Topliss-reactive ketones (excluding diaryl/α,β-unsaturated/α-hetero) is 1. The Kier molecular flexibility index (Phi) is 4.14. The number of fused-ring (bicyclic) bond motifs is 1. The Hall–Kier alpha value is -2.62. The van der Waals surface area contributed by atoms with Crippen LogP contribution in [0.15, 0.2) is 47.5 Å². The zero-order valence-electron chi connectivity index (χ0n) is 14.4. The maximum Gasteiger partial charge on any atom is 0.168 e. The van der Waals surface area contributed by atoms with Crippen LogP contribution in [0.25, 0.3) is 0 Å². The summed E-state index contributed by atoms with van der Waals surface area (Å²) in [5.74, 6) is 1.60. The fraction of sp³-hybridized carbons (Fsp3) is 0.300. The first-order valence-electron chi connectivity index (χ1n) is 7.89. The van der Waals surface area contributed by atoms with Crippen LogP contribution in [0, 0.1) is 0 Å². The first-order valence-corrected chi connectivity index (χ1v) is 7.89. The number of aliphatic imine (C=N–C) groups is 1. The summed E-state index contributed by atoms with van der Waals surface area (Å²) in [5, 5.41) is 0. The predicted octanol–water partition coefficient (Wildman–Crippen LogP) is 4.01. The molecule has 0 saturated carbocycles. The molecule has 0 spiro atoms. The molecular formula is C20H21NO3. The first-order chi connectivity index (χ1) is 11.4. The number of nitrogens with zero attached hydrogens (tertiary/aromatic N) is 1. The molecule has 1 aliphatic rings. The van der Waals surface area contributed by atoms with E-state index in [-0.39, 0.29) is 17.7 Å². The van der Waals surface area contributed by atoms with Crippen LogP contribution in [0.1, 0.15) is 41.8 Å². The van der Waals surface area contributed by atoms with Gasteiger partial charge in [-0.05, 0) is 61.9 Å². The monoisotopic (exact) mass is 323 g/mol. The van der Waals surface area contributed by atoms with Gasteiger partial charge in [0, 0.05) is 11.1 Å². The molecule has 0 atom stereocenters. The van der Waals surface area contributed by atoms with E-state index in [1.165, 1.54) is 0 Å². The van der Waals surface area contributed by atoms with Crippen molar-refractivity contribution in [2.24, 2.45) is 4.99 Å². The summed E-state index contributed by atoms with van der Waals surface area (Å²) < 4.78 is 10.4. The maximum atomic E-state index is 12.6. The smallest absolute Gasteiger partial charge is 0.168 e. The van der Waals surface area contributed by atoms with E-state index >= 15 is 0 Å². The molecule has 24 heavy (non-hydrogen) atoms. The summed E-state index contributed by atoms with van der Waals surface area (Å²) in [5.41, 5.74) is 3.28. The Morgan fingerprint density at radius 3 is 2.25 bits per heavy atom. The third-order valence-electron chi connectivity index (χ3n) is 4.35. The van der Waals surface area contributed by atoms with E-state index in [2.05, 4.69) is 13.8 Å². The second-order valence-electron chi connectivity index (χ2n) is 6.36. The summed E-state index contributed by atoms with van der Waals surface area (Å²) >= 11 is 0. The maximum absolute atomic E-state index is 12.6. The van der Waals surface area contributed by atoms with E-state index in [4.69, 9.17) is 14.5 Å². The molecular weight excluding hydrogens is 302 g/mol. The van der Waals surface area contributed by atoms with Crippen molar-refractivity contribution in [2.45, 2.75) is 25.8 Å². The zero-order chi connectivity index (χ0) is 17.3. The molecule has 0 N–H and O–H groups in total. The van der Waals surface area contributed by atoms with Crippen LogP contribution in [0.4, 0.5) is 0 Å². The second kappa shape index (κ2) is 6.11. The average Bonchev–Trinajstić information content (AvgIpc) is 2.84. The van der Waals surface area contributed by atoms with Crippen molar-refractivity contribution in [3.63, 3.8) is 0 Å². The molecule has 124 valence electrons. The molecule has 0 fully saturated rings. The minimum Gasteiger partial charge on any atom is -0.497 e. The number of ketones is 1. The van der Waals surface area contributed by atoms with Crippen LogP contribution in [-0.4, -0.2) is 25.7 Å². The van der Waals surface area contributed by atoms with Gasteiger partial charge in [-0.2, -0.15) is 0 Å². The third-order valence-corrected chi connectivity index (χ3v) is 4.35. The molecule has 3 rings (SSSR count). The van der Waals surface area contributed by atoms with Gasteiger partial charge in [-0.15, -0.1) is 0 Å². The van der Waals surface area contributed by atoms with Crippen LogP contribution in [0.3, 0.4) is 0 Å². The number of methoxy groups -OCH3 is 2. The molecule has 1 aliphatic heterocycles. The van der Waals surface area contributed by atoms with Gasteiger partial charge in [-0.3, -0.25) is 9.79 Å². The van der Waals surface area contributed by atoms with E-state index in [0.29, 0.717) is 5.56 Å². The van der Waals surface area contributed by atoms with Crippen LogP contribution >= 0.6 is 0 Å². The standard InChI is InChI=1S/C20H21NO3/c1-20(2)17-11-15(24-4)9-10-16(17)18(21-20)12-19(22)13-5-7-14(23-3)8-6-13/h5-11H,12H2,1-4H3. The van der Waals surface area contributed by atoms with Gasteiger partial charge >= 0.3 is 0 Å². The fourth-order valence-electron chi connectivity index (χ4n) is 3.03. The van der Waals surface area contributed by atoms with E-state index in [0.717, 1.165) is 28.3 Å². The van der Waals surface area contributed by atoms with Crippen LogP contribution in [-0.2, 0) is 5.54 Å². The van der Waals surface area contributed by atoms with Gasteiger partial charge in [-0.25, -0.2) is 0 Å². The van der Waals surface area contributed by atoms with E-state index < -0.39 is 0 Å². The van der Waals surface area contributed by atoms with Gasteiger partial charge in [0.25, 0.3) is 0 Å². The average molecular weight is 323 g/mol. The van der Waals surface area contributed by atoms with Gasteiger partial charge in [-0.1, -0.05) is 0 Å². The molecule has 0 aliphatic carbocycles. The Bertz CT molecular complexity index is 804. The van der Waals surface area contributed by atoms with Crippen LogP contribution in [0.2, 0.25) is 0 Å². The van der Waals surface area contributed by atoms with Crippen molar-refractivity contribution in [1.82, 2.24) is 0 Å².